The molecular formula is C14H23NO5S. The third-order valence-corrected chi connectivity index (χ3v) is 5.63. The third kappa shape index (κ3) is 4.62. The lowest BCUT2D eigenvalue weighted by molar-refractivity contribution is -0.130. The van der Waals surface area contributed by atoms with Crippen LogP contribution in [0.15, 0.2) is 0 Å². The maximum Gasteiger partial charge on any atom is 0.503 e. The molecule has 2 rings (SSSR count). The van der Waals surface area contributed by atoms with E-state index in [1.165, 1.54) is 11.8 Å². The summed E-state index contributed by atoms with van der Waals surface area (Å²) < 4.78 is 0. The zero-order valence-corrected chi connectivity index (χ0v) is 13.4. The minimum Gasteiger partial charge on any atom is -0.450 e. The van der Waals surface area contributed by atoms with Crippen molar-refractivity contribution >= 4 is 28.9 Å². The molecule has 0 bridgehead atoms. The zero-order valence-electron chi connectivity index (χ0n) is 12.6. The molecule has 1 saturated carbocycles. The summed E-state index contributed by atoms with van der Waals surface area (Å²) in [5, 5.41) is 17.0. The molecule has 120 valence electrons. The molecule has 6 nitrogen and oxygen atoms in total. The lowest BCUT2D eigenvalue weighted by Gasteiger charge is -2.30. The Bertz CT molecular complexity index is 420. The summed E-state index contributed by atoms with van der Waals surface area (Å²) in [7, 11) is 0. The van der Waals surface area contributed by atoms with Crippen molar-refractivity contribution in [1.82, 2.24) is 5.32 Å². The summed E-state index contributed by atoms with van der Waals surface area (Å²) in [5.41, 5.74) is 0.0544. The highest BCUT2D eigenvalue weighted by molar-refractivity contribution is 8.14. The maximum absolute atomic E-state index is 12.2. The Kier molecular flexibility index (Phi) is 6.07. The standard InChI is InChI=1S/C13H21NO2S.CH2O3/c1-8-4-5-9(13(8,2)3)11(15)14-10-6-7-17-12(10)16;2-1(3)4/h8-10H,4-7H2,1-3H3,(H,14,15);(H2,2,3,4). The number of nitrogens with one attached hydrogen (secondary N) is 1. The molecule has 1 aliphatic heterocycles. The Morgan fingerprint density at radius 3 is 2.19 bits per heavy atom. The topological polar surface area (TPSA) is 104 Å². The quantitative estimate of drug-likeness (QED) is 0.722. The molecule has 1 heterocycles. The summed E-state index contributed by atoms with van der Waals surface area (Å²) in [6, 6.07) is -0.237. The maximum atomic E-state index is 12.2. The number of carbonyl (C=O) groups excluding carboxylic acids is 2. The van der Waals surface area contributed by atoms with Gasteiger partial charge in [0.15, 0.2) is 0 Å². The number of hydrogen-bond donors (Lipinski definition) is 3. The second kappa shape index (κ2) is 7.15. The van der Waals surface area contributed by atoms with Crippen molar-refractivity contribution in [2.45, 2.75) is 46.1 Å². The van der Waals surface area contributed by atoms with Crippen LogP contribution in [0.3, 0.4) is 0 Å². The van der Waals surface area contributed by atoms with Crippen molar-refractivity contribution in [3.05, 3.63) is 0 Å². The highest BCUT2D eigenvalue weighted by atomic mass is 32.2. The van der Waals surface area contributed by atoms with Gasteiger partial charge in [-0.1, -0.05) is 32.5 Å². The molecule has 2 fully saturated rings. The van der Waals surface area contributed by atoms with Crippen molar-refractivity contribution in [2.75, 3.05) is 5.75 Å². The second-order valence-corrected chi connectivity index (χ2v) is 7.25. The van der Waals surface area contributed by atoms with Crippen molar-refractivity contribution in [1.29, 1.82) is 0 Å². The Morgan fingerprint density at radius 1 is 1.24 bits per heavy atom. The van der Waals surface area contributed by atoms with Crippen LogP contribution in [0.2, 0.25) is 0 Å². The minimum absolute atomic E-state index is 0.0544. The highest BCUT2D eigenvalue weighted by Crippen LogP contribution is 2.47. The predicted molar refractivity (Wildman–Crippen MR) is 80.3 cm³/mol. The Hall–Kier alpha value is -1.24. The third-order valence-electron chi connectivity index (χ3n) is 4.62. The molecular weight excluding hydrogens is 294 g/mol. The van der Waals surface area contributed by atoms with Gasteiger partial charge in [-0.15, -0.1) is 0 Å². The van der Waals surface area contributed by atoms with Crippen LogP contribution in [-0.2, 0) is 9.59 Å². The number of carbonyl (C=O) groups is 3. The average molecular weight is 317 g/mol. The molecule has 0 aromatic carbocycles. The Balaban J connectivity index is 0.000000491. The van der Waals surface area contributed by atoms with E-state index in [-0.39, 0.29) is 28.4 Å². The van der Waals surface area contributed by atoms with Gasteiger partial charge < -0.3 is 15.5 Å². The number of amides is 1. The summed E-state index contributed by atoms with van der Waals surface area (Å²) >= 11 is 1.34. The number of rotatable bonds is 2. The molecule has 3 atom stereocenters. The van der Waals surface area contributed by atoms with E-state index in [2.05, 4.69) is 26.1 Å². The second-order valence-electron chi connectivity index (χ2n) is 6.15. The summed E-state index contributed by atoms with van der Waals surface area (Å²) in [5.74, 6) is 1.57. The van der Waals surface area contributed by atoms with E-state index in [0.717, 1.165) is 25.0 Å². The Labute approximate surface area is 128 Å². The van der Waals surface area contributed by atoms with Crippen LogP contribution in [-0.4, -0.2) is 39.2 Å². The number of carboxylic acid groups (broad SMARTS) is 2. The van der Waals surface area contributed by atoms with Crippen LogP contribution in [0.4, 0.5) is 4.79 Å². The van der Waals surface area contributed by atoms with Gasteiger partial charge in [-0.25, -0.2) is 4.79 Å². The molecule has 2 aliphatic rings. The van der Waals surface area contributed by atoms with Gasteiger partial charge in [-0.3, -0.25) is 9.59 Å². The molecule has 0 aromatic heterocycles. The molecule has 0 radical (unpaired) electrons. The average Bonchev–Trinajstić information content (AvgIpc) is 2.84. The molecule has 0 aromatic rings. The van der Waals surface area contributed by atoms with Crippen molar-refractivity contribution in [3.8, 4) is 0 Å². The Morgan fingerprint density at radius 2 is 1.81 bits per heavy atom. The van der Waals surface area contributed by atoms with Crippen LogP contribution in [0, 0.1) is 17.3 Å². The van der Waals surface area contributed by atoms with Gasteiger partial charge in [0.1, 0.15) is 0 Å². The largest absolute Gasteiger partial charge is 0.503 e. The lowest BCUT2D eigenvalue weighted by atomic mass is 9.76. The van der Waals surface area contributed by atoms with Crippen LogP contribution < -0.4 is 5.32 Å². The SMILES string of the molecule is CC1CCC(C(=O)NC2CCSC2=O)C1(C)C.O=C(O)O. The first kappa shape index (κ1) is 17.8. The summed E-state index contributed by atoms with van der Waals surface area (Å²) in [6.45, 7) is 6.55. The molecule has 1 amide bonds. The summed E-state index contributed by atoms with van der Waals surface area (Å²) in [6.07, 6.45) is 1.02. The van der Waals surface area contributed by atoms with Crippen LogP contribution in [0.25, 0.3) is 0 Å². The van der Waals surface area contributed by atoms with E-state index in [4.69, 9.17) is 15.0 Å². The first-order valence-electron chi connectivity index (χ1n) is 7.05. The van der Waals surface area contributed by atoms with E-state index in [1.807, 2.05) is 0 Å². The van der Waals surface area contributed by atoms with Gasteiger partial charge in [-0.05, 0) is 30.6 Å². The van der Waals surface area contributed by atoms with Gasteiger partial charge in [0, 0.05) is 11.7 Å². The zero-order chi connectivity index (χ0) is 16.2. The molecule has 1 aliphatic carbocycles. The molecule has 3 N–H and O–H groups in total. The molecule has 21 heavy (non-hydrogen) atoms. The van der Waals surface area contributed by atoms with Crippen LogP contribution in [0.5, 0.6) is 0 Å². The van der Waals surface area contributed by atoms with Gasteiger partial charge in [0.25, 0.3) is 0 Å². The smallest absolute Gasteiger partial charge is 0.450 e. The van der Waals surface area contributed by atoms with Gasteiger partial charge in [-0.2, -0.15) is 0 Å². The van der Waals surface area contributed by atoms with E-state index in [0.29, 0.717) is 5.92 Å². The van der Waals surface area contributed by atoms with Crippen molar-refractivity contribution in [3.63, 3.8) is 0 Å². The fourth-order valence-corrected chi connectivity index (χ4v) is 3.81. The van der Waals surface area contributed by atoms with Crippen LogP contribution in [0.1, 0.15) is 40.0 Å². The van der Waals surface area contributed by atoms with E-state index in [9.17, 15) is 9.59 Å². The molecule has 0 spiro atoms. The number of thioether (sulfide) groups is 1. The fraction of sp³-hybridized carbons (Fsp3) is 0.786. The van der Waals surface area contributed by atoms with Crippen molar-refractivity contribution in [2.24, 2.45) is 17.3 Å². The number of hydrogen-bond acceptors (Lipinski definition) is 4. The summed E-state index contributed by atoms with van der Waals surface area (Å²) in [4.78, 5) is 32.3. The van der Waals surface area contributed by atoms with Gasteiger partial charge in [0.2, 0.25) is 11.0 Å². The van der Waals surface area contributed by atoms with Crippen LogP contribution >= 0.6 is 11.8 Å². The predicted octanol–water partition coefficient (Wildman–Crippen LogP) is 2.43. The molecule has 3 unspecified atom stereocenters. The first-order chi connectivity index (χ1) is 9.66. The minimum atomic E-state index is -1.83. The van der Waals surface area contributed by atoms with Gasteiger partial charge in [0.05, 0.1) is 6.04 Å². The first-order valence-corrected chi connectivity index (χ1v) is 8.03. The highest BCUT2D eigenvalue weighted by Gasteiger charge is 2.45. The molecule has 1 saturated heterocycles. The van der Waals surface area contributed by atoms with E-state index < -0.39 is 6.16 Å². The fourth-order valence-electron chi connectivity index (χ4n) is 2.87. The van der Waals surface area contributed by atoms with E-state index in [1.54, 1.807) is 0 Å². The normalized spacial score (nSPS) is 30.4. The van der Waals surface area contributed by atoms with Gasteiger partial charge >= 0.3 is 6.16 Å². The van der Waals surface area contributed by atoms with E-state index >= 15 is 0 Å². The monoisotopic (exact) mass is 317 g/mol. The lowest BCUT2D eigenvalue weighted by Crippen LogP contribution is -2.44. The van der Waals surface area contributed by atoms with Crippen molar-refractivity contribution < 1.29 is 24.6 Å². The molecule has 7 heteroatoms.